The van der Waals surface area contributed by atoms with Gasteiger partial charge in [0, 0.05) is 31.5 Å². The fraction of sp³-hybridized carbons (Fsp3) is 0.533. The van der Waals surface area contributed by atoms with Crippen molar-refractivity contribution in [3.63, 3.8) is 0 Å². The molecule has 2 N–H and O–H groups in total. The van der Waals surface area contributed by atoms with Crippen LogP contribution in [0.3, 0.4) is 0 Å². The number of carbonyl (C=O) groups is 2. The van der Waals surface area contributed by atoms with E-state index in [1.54, 1.807) is 22.3 Å². The minimum absolute atomic E-state index is 0.0960. The van der Waals surface area contributed by atoms with E-state index in [2.05, 4.69) is 10.3 Å². The minimum atomic E-state index is -0.619. The van der Waals surface area contributed by atoms with E-state index in [1.807, 2.05) is 12.3 Å². The third-order valence-corrected chi connectivity index (χ3v) is 4.39. The summed E-state index contributed by atoms with van der Waals surface area (Å²) in [5, 5.41) is 15.6. The summed E-state index contributed by atoms with van der Waals surface area (Å²) < 4.78 is 0. The molecule has 1 aliphatic rings. The van der Waals surface area contributed by atoms with Crippen molar-refractivity contribution < 1.29 is 14.7 Å². The van der Waals surface area contributed by atoms with Crippen molar-refractivity contribution in [3.8, 4) is 0 Å². The molecule has 7 heteroatoms. The lowest BCUT2D eigenvalue weighted by atomic mass is 10.1. The highest BCUT2D eigenvalue weighted by atomic mass is 32.1. The number of hydrogen-bond acceptors (Lipinski definition) is 5. The molecule has 1 fully saturated rings. The van der Waals surface area contributed by atoms with Crippen molar-refractivity contribution in [1.82, 2.24) is 15.2 Å². The molecular weight excluding hydrogens is 302 g/mol. The van der Waals surface area contributed by atoms with E-state index < -0.39 is 6.10 Å². The summed E-state index contributed by atoms with van der Waals surface area (Å²) in [6.07, 6.45) is 3.61. The van der Waals surface area contributed by atoms with Gasteiger partial charge >= 0.3 is 0 Å². The summed E-state index contributed by atoms with van der Waals surface area (Å²) in [6.45, 7) is 4.35. The second kappa shape index (κ2) is 7.51. The molecule has 22 heavy (non-hydrogen) atoms. The van der Waals surface area contributed by atoms with Crippen molar-refractivity contribution >= 4 is 29.2 Å². The molecule has 2 heterocycles. The van der Waals surface area contributed by atoms with E-state index in [9.17, 15) is 14.7 Å². The highest BCUT2D eigenvalue weighted by Gasteiger charge is 2.26. The minimum Gasteiger partial charge on any atom is -0.391 e. The summed E-state index contributed by atoms with van der Waals surface area (Å²) in [7, 11) is 0. The molecule has 0 aliphatic carbocycles. The number of amides is 2. The lowest BCUT2D eigenvalue weighted by Crippen LogP contribution is -2.42. The molecule has 1 aromatic rings. The van der Waals surface area contributed by atoms with Crippen LogP contribution < -0.4 is 5.32 Å². The number of aliphatic hydroxyl groups excluding tert-OH is 1. The molecule has 1 saturated heterocycles. The zero-order valence-electron chi connectivity index (χ0n) is 12.8. The van der Waals surface area contributed by atoms with E-state index >= 15 is 0 Å². The van der Waals surface area contributed by atoms with Gasteiger partial charge in [-0.25, -0.2) is 4.98 Å². The third-order valence-electron chi connectivity index (χ3n) is 3.60. The number of aliphatic hydroxyl groups is 1. The zero-order chi connectivity index (χ0) is 16.1. The average Bonchev–Trinajstić information content (AvgIpc) is 2.79. The molecule has 1 aliphatic heterocycles. The van der Waals surface area contributed by atoms with Crippen LogP contribution in [0.1, 0.15) is 30.5 Å². The first-order valence-corrected chi connectivity index (χ1v) is 8.18. The van der Waals surface area contributed by atoms with Gasteiger partial charge < -0.3 is 15.3 Å². The van der Waals surface area contributed by atoms with Gasteiger partial charge in [-0.1, -0.05) is 0 Å². The van der Waals surface area contributed by atoms with Gasteiger partial charge in [0.05, 0.1) is 22.8 Å². The normalized spacial score (nSPS) is 22.6. The van der Waals surface area contributed by atoms with Crippen LogP contribution >= 0.6 is 11.3 Å². The lowest BCUT2D eigenvalue weighted by molar-refractivity contribution is -0.126. The fourth-order valence-corrected chi connectivity index (χ4v) is 3.04. The van der Waals surface area contributed by atoms with Gasteiger partial charge in [0.15, 0.2) is 0 Å². The standard InChI is InChI=1S/C15H21N3O3S/c1-10(19)16-13-5-7-18(8-6-14(13)20)15(21)4-3-12-9-22-11(2)17-12/h3-4,9,13-14,20H,5-8H2,1-2H3,(H,16,19)/t13-,14-/m0/s1. The Morgan fingerprint density at radius 2 is 2.18 bits per heavy atom. The Morgan fingerprint density at radius 1 is 1.45 bits per heavy atom. The van der Waals surface area contributed by atoms with Gasteiger partial charge in [0.1, 0.15) is 0 Å². The molecule has 6 nitrogen and oxygen atoms in total. The molecule has 2 rings (SSSR count). The predicted molar refractivity (Wildman–Crippen MR) is 85.3 cm³/mol. The Bertz CT molecular complexity index is 570. The van der Waals surface area contributed by atoms with Crippen molar-refractivity contribution in [2.45, 2.75) is 38.8 Å². The molecule has 0 radical (unpaired) electrons. The monoisotopic (exact) mass is 323 g/mol. The van der Waals surface area contributed by atoms with Gasteiger partial charge in [-0.3, -0.25) is 9.59 Å². The summed E-state index contributed by atoms with van der Waals surface area (Å²) in [4.78, 5) is 29.3. The number of thiazole rings is 1. The van der Waals surface area contributed by atoms with Crippen LogP contribution in [-0.4, -0.2) is 52.0 Å². The maximum atomic E-state index is 12.2. The molecular formula is C15H21N3O3S. The molecule has 2 atom stereocenters. The third kappa shape index (κ3) is 4.64. The van der Waals surface area contributed by atoms with Crippen LogP contribution in [0.15, 0.2) is 11.5 Å². The first kappa shape index (κ1) is 16.6. The Hall–Kier alpha value is -1.73. The van der Waals surface area contributed by atoms with E-state index in [0.717, 1.165) is 10.7 Å². The number of likely N-dealkylation sites (tertiary alicyclic amines) is 1. The summed E-state index contributed by atoms with van der Waals surface area (Å²) in [5.74, 6) is -0.260. The maximum Gasteiger partial charge on any atom is 0.246 e. The van der Waals surface area contributed by atoms with Crippen molar-refractivity contribution in [3.05, 3.63) is 22.2 Å². The summed E-state index contributed by atoms with van der Waals surface area (Å²) in [5.41, 5.74) is 0.779. The fourth-order valence-electron chi connectivity index (χ4n) is 2.46. The number of aromatic nitrogens is 1. The first-order valence-electron chi connectivity index (χ1n) is 7.30. The highest BCUT2D eigenvalue weighted by Crippen LogP contribution is 2.14. The predicted octanol–water partition coefficient (Wildman–Crippen LogP) is 0.953. The maximum absolute atomic E-state index is 12.2. The Morgan fingerprint density at radius 3 is 2.82 bits per heavy atom. The lowest BCUT2D eigenvalue weighted by Gasteiger charge is -2.20. The molecule has 0 spiro atoms. The van der Waals surface area contributed by atoms with Gasteiger partial charge in [-0.15, -0.1) is 11.3 Å². The van der Waals surface area contributed by atoms with Gasteiger partial charge in [0.2, 0.25) is 11.8 Å². The topological polar surface area (TPSA) is 82.5 Å². The average molecular weight is 323 g/mol. The van der Waals surface area contributed by atoms with Crippen molar-refractivity contribution in [2.24, 2.45) is 0 Å². The number of nitrogens with zero attached hydrogens (tertiary/aromatic N) is 2. The molecule has 120 valence electrons. The number of rotatable bonds is 3. The summed E-state index contributed by atoms with van der Waals surface area (Å²) in [6, 6.07) is -0.291. The number of hydrogen-bond donors (Lipinski definition) is 2. The van der Waals surface area contributed by atoms with Gasteiger partial charge in [-0.2, -0.15) is 0 Å². The SMILES string of the molecule is CC(=O)N[C@H]1CCN(C(=O)C=Cc2csc(C)n2)CC[C@@H]1O. The molecule has 0 bridgehead atoms. The van der Waals surface area contributed by atoms with Crippen LogP contribution in [-0.2, 0) is 9.59 Å². The van der Waals surface area contributed by atoms with E-state index in [-0.39, 0.29) is 17.9 Å². The number of aryl methyl sites for hydroxylation is 1. The molecule has 1 aromatic heterocycles. The Balaban J connectivity index is 1.93. The van der Waals surface area contributed by atoms with E-state index in [0.29, 0.717) is 25.9 Å². The quantitative estimate of drug-likeness (QED) is 0.812. The molecule has 2 amide bonds. The molecule has 0 aromatic carbocycles. The molecule has 0 saturated carbocycles. The zero-order valence-corrected chi connectivity index (χ0v) is 13.6. The van der Waals surface area contributed by atoms with E-state index in [4.69, 9.17) is 0 Å². The Labute approximate surface area is 133 Å². The van der Waals surface area contributed by atoms with Crippen LogP contribution in [0.5, 0.6) is 0 Å². The van der Waals surface area contributed by atoms with Crippen LogP contribution in [0, 0.1) is 6.92 Å². The van der Waals surface area contributed by atoms with Crippen LogP contribution in [0.4, 0.5) is 0 Å². The Kier molecular flexibility index (Phi) is 5.68. The van der Waals surface area contributed by atoms with Gasteiger partial charge in [-0.05, 0) is 25.8 Å². The van der Waals surface area contributed by atoms with Crippen molar-refractivity contribution in [1.29, 1.82) is 0 Å². The highest BCUT2D eigenvalue weighted by molar-refractivity contribution is 7.09. The first-order chi connectivity index (χ1) is 10.5. The van der Waals surface area contributed by atoms with Crippen molar-refractivity contribution in [2.75, 3.05) is 13.1 Å². The van der Waals surface area contributed by atoms with E-state index in [1.165, 1.54) is 13.0 Å². The second-order valence-electron chi connectivity index (χ2n) is 5.40. The van der Waals surface area contributed by atoms with Gasteiger partial charge in [0.25, 0.3) is 0 Å². The number of carbonyl (C=O) groups excluding carboxylic acids is 2. The van der Waals surface area contributed by atoms with Crippen LogP contribution in [0.25, 0.3) is 6.08 Å². The van der Waals surface area contributed by atoms with Crippen LogP contribution in [0.2, 0.25) is 0 Å². The number of nitrogens with one attached hydrogen (secondary N) is 1. The molecule has 0 unspecified atom stereocenters. The largest absolute Gasteiger partial charge is 0.391 e. The smallest absolute Gasteiger partial charge is 0.246 e. The summed E-state index contributed by atoms with van der Waals surface area (Å²) >= 11 is 1.54. The second-order valence-corrected chi connectivity index (χ2v) is 6.46.